The summed E-state index contributed by atoms with van der Waals surface area (Å²) in [5, 5.41) is 3.87. The van der Waals surface area contributed by atoms with Crippen LogP contribution >= 0.6 is 11.3 Å². The number of rotatable bonds is 4. The van der Waals surface area contributed by atoms with E-state index in [1.54, 1.807) is 0 Å². The molecule has 0 fully saturated rings. The molecular weight excluding hydrogens is 298 g/mol. The number of fused-ring (bicyclic) bond motifs is 2. The largest absolute Gasteiger partial charge is 0.494 e. The Morgan fingerprint density at radius 3 is 2.91 bits per heavy atom. The molecule has 4 aromatic rings. The van der Waals surface area contributed by atoms with Crippen molar-refractivity contribution in [1.29, 1.82) is 0 Å². The Labute approximate surface area is 130 Å². The molecule has 2 aromatic carbocycles. The van der Waals surface area contributed by atoms with E-state index in [9.17, 15) is 0 Å². The molecule has 22 heavy (non-hydrogen) atoms. The van der Waals surface area contributed by atoms with Gasteiger partial charge in [-0.3, -0.25) is 5.32 Å². The molecule has 0 spiro atoms. The molecule has 0 saturated heterocycles. The number of anilines is 2. The SMILES string of the molecule is CCOc1ccc2nc(Nc3nc4ccccc4o3)sc2c1. The minimum absolute atomic E-state index is 0.449. The Morgan fingerprint density at radius 2 is 2.05 bits per heavy atom. The Balaban J connectivity index is 1.65. The topological polar surface area (TPSA) is 60.2 Å². The van der Waals surface area contributed by atoms with E-state index in [-0.39, 0.29) is 0 Å². The lowest BCUT2D eigenvalue weighted by Crippen LogP contribution is -1.90. The maximum Gasteiger partial charge on any atom is 0.302 e. The van der Waals surface area contributed by atoms with Crippen molar-refractivity contribution in [3.63, 3.8) is 0 Å². The van der Waals surface area contributed by atoms with Crippen LogP contribution in [0.25, 0.3) is 21.3 Å². The Hall–Kier alpha value is -2.60. The number of thiazole rings is 1. The normalized spacial score (nSPS) is 11.1. The van der Waals surface area contributed by atoms with Crippen LogP contribution in [0.4, 0.5) is 11.1 Å². The predicted octanol–water partition coefficient (Wildman–Crippen LogP) is 4.58. The van der Waals surface area contributed by atoms with Crippen LogP contribution in [0.5, 0.6) is 5.75 Å². The number of ether oxygens (including phenoxy) is 1. The molecule has 0 unspecified atom stereocenters. The molecule has 5 nitrogen and oxygen atoms in total. The van der Waals surface area contributed by atoms with Crippen LogP contribution < -0.4 is 10.1 Å². The van der Waals surface area contributed by atoms with Crippen LogP contribution in [0.3, 0.4) is 0 Å². The number of para-hydroxylation sites is 2. The first kappa shape index (κ1) is 13.1. The van der Waals surface area contributed by atoms with Crippen LogP contribution in [0.2, 0.25) is 0 Å². The molecule has 0 saturated carbocycles. The molecule has 0 aliphatic rings. The zero-order valence-corrected chi connectivity index (χ0v) is 12.7. The zero-order chi connectivity index (χ0) is 14.9. The first-order valence-electron chi connectivity index (χ1n) is 6.98. The molecule has 2 heterocycles. The molecule has 6 heteroatoms. The second-order valence-electron chi connectivity index (χ2n) is 4.69. The van der Waals surface area contributed by atoms with Gasteiger partial charge in [0, 0.05) is 0 Å². The third-order valence-electron chi connectivity index (χ3n) is 3.18. The van der Waals surface area contributed by atoms with Gasteiger partial charge in [-0.15, -0.1) is 0 Å². The summed E-state index contributed by atoms with van der Waals surface area (Å²) in [6.07, 6.45) is 0. The quantitative estimate of drug-likeness (QED) is 0.598. The van der Waals surface area contributed by atoms with E-state index in [1.165, 1.54) is 11.3 Å². The summed E-state index contributed by atoms with van der Waals surface area (Å²) in [6.45, 7) is 2.62. The summed E-state index contributed by atoms with van der Waals surface area (Å²) in [5.74, 6) is 0.854. The van der Waals surface area contributed by atoms with Gasteiger partial charge in [-0.2, -0.15) is 4.98 Å². The molecule has 0 amide bonds. The van der Waals surface area contributed by atoms with Gasteiger partial charge in [0.2, 0.25) is 0 Å². The van der Waals surface area contributed by atoms with Crippen molar-refractivity contribution in [2.45, 2.75) is 6.92 Å². The van der Waals surface area contributed by atoms with Crippen LogP contribution in [-0.2, 0) is 0 Å². The average Bonchev–Trinajstić information content (AvgIpc) is 3.09. The molecule has 0 aliphatic carbocycles. The van der Waals surface area contributed by atoms with E-state index in [1.807, 2.05) is 49.4 Å². The Bertz CT molecular complexity index is 912. The van der Waals surface area contributed by atoms with E-state index in [4.69, 9.17) is 9.15 Å². The van der Waals surface area contributed by atoms with E-state index in [0.717, 1.165) is 32.2 Å². The van der Waals surface area contributed by atoms with Gasteiger partial charge in [-0.25, -0.2) is 4.98 Å². The third kappa shape index (κ3) is 2.37. The van der Waals surface area contributed by atoms with Crippen molar-refractivity contribution in [2.24, 2.45) is 0 Å². The highest BCUT2D eigenvalue weighted by molar-refractivity contribution is 7.22. The minimum atomic E-state index is 0.449. The number of oxazole rings is 1. The van der Waals surface area contributed by atoms with Crippen molar-refractivity contribution < 1.29 is 9.15 Å². The van der Waals surface area contributed by atoms with Crippen LogP contribution in [0.15, 0.2) is 46.9 Å². The molecule has 0 atom stereocenters. The number of hydrogen-bond acceptors (Lipinski definition) is 6. The number of nitrogens with one attached hydrogen (secondary N) is 1. The lowest BCUT2D eigenvalue weighted by molar-refractivity contribution is 0.341. The van der Waals surface area contributed by atoms with Crippen molar-refractivity contribution in [1.82, 2.24) is 9.97 Å². The second-order valence-corrected chi connectivity index (χ2v) is 5.72. The molecule has 0 radical (unpaired) electrons. The van der Waals surface area contributed by atoms with Gasteiger partial charge in [0.05, 0.1) is 16.8 Å². The smallest absolute Gasteiger partial charge is 0.302 e. The fourth-order valence-electron chi connectivity index (χ4n) is 2.23. The van der Waals surface area contributed by atoms with Gasteiger partial charge in [-0.05, 0) is 37.3 Å². The van der Waals surface area contributed by atoms with E-state index in [2.05, 4.69) is 15.3 Å². The van der Waals surface area contributed by atoms with E-state index >= 15 is 0 Å². The first-order valence-corrected chi connectivity index (χ1v) is 7.79. The maximum absolute atomic E-state index is 5.65. The van der Waals surface area contributed by atoms with Gasteiger partial charge in [0.1, 0.15) is 11.3 Å². The standard InChI is InChI=1S/C16H13N3O2S/c1-2-20-10-7-8-12-14(9-10)22-16(18-12)19-15-17-11-5-3-4-6-13(11)21-15/h3-9H,2H2,1H3,(H,17,18,19). The molecule has 0 bridgehead atoms. The van der Waals surface area contributed by atoms with Crippen molar-refractivity contribution in [2.75, 3.05) is 11.9 Å². The number of nitrogens with zero attached hydrogens (tertiary/aromatic N) is 2. The maximum atomic E-state index is 5.65. The number of aromatic nitrogens is 2. The summed E-state index contributed by atoms with van der Waals surface area (Å²) in [6, 6.07) is 14.0. The van der Waals surface area contributed by atoms with Crippen molar-refractivity contribution in [3.8, 4) is 5.75 Å². The summed E-state index contributed by atoms with van der Waals surface area (Å²) in [7, 11) is 0. The lowest BCUT2D eigenvalue weighted by Gasteiger charge is -2.00. The van der Waals surface area contributed by atoms with Gasteiger partial charge >= 0.3 is 6.01 Å². The lowest BCUT2D eigenvalue weighted by atomic mass is 10.3. The fourth-order valence-corrected chi connectivity index (χ4v) is 3.12. The summed E-state index contributed by atoms with van der Waals surface area (Å²) in [5.41, 5.74) is 2.50. The molecule has 4 rings (SSSR count). The van der Waals surface area contributed by atoms with Gasteiger partial charge in [0.25, 0.3) is 0 Å². The van der Waals surface area contributed by atoms with Crippen LogP contribution in [0, 0.1) is 0 Å². The van der Waals surface area contributed by atoms with Crippen LogP contribution in [0.1, 0.15) is 6.92 Å². The van der Waals surface area contributed by atoms with Crippen LogP contribution in [-0.4, -0.2) is 16.6 Å². The Morgan fingerprint density at radius 1 is 1.14 bits per heavy atom. The molecular formula is C16H13N3O2S. The molecule has 2 aromatic heterocycles. The van der Waals surface area contributed by atoms with Crippen molar-refractivity contribution >= 4 is 43.8 Å². The van der Waals surface area contributed by atoms with Crippen molar-refractivity contribution in [3.05, 3.63) is 42.5 Å². The predicted molar refractivity (Wildman–Crippen MR) is 88.1 cm³/mol. The minimum Gasteiger partial charge on any atom is -0.494 e. The van der Waals surface area contributed by atoms with Gasteiger partial charge in [0.15, 0.2) is 10.7 Å². The zero-order valence-electron chi connectivity index (χ0n) is 11.9. The Kier molecular flexibility index (Phi) is 3.16. The third-order valence-corrected chi connectivity index (χ3v) is 4.11. The van der Waals surface area contributed by atoms with Gasteiger partial charge in [-0.1, -0.05) is 23.5 Å². The molecule has 0 aliphatic heterocycles. The number of hydrogen-bond donors (Lipinski definition) is 1. The second kappa shape index (κ2) is 5.31. The molecule has 1 N–H and O–H groups in total. The summed E-state index contributed by atoms with van der Waals surface area (Å²) < 4.78 is 12.2. The highest BCUT2D eigenvalue weighted by Gasteiger charge is 2.09. The highest BCUT2D eigenvalue weighted by Crippen LogP contribution is 2.31. The summed E-state index contributed by atoms with van der Waals surface area (Å²) >= 11 is 1.54. The first-order chi connectivity index (χ1) is 10.8. The monoisotopic (exact) mass is 311 g/mol. The summed E-state index contributed by atoms with van der Waals surface area (Å²) in [4.78, 5) is 8.92. The number of benzene rings is 2. The van der Waals surface area contributed by atoms with E-state index in [0.29, 0.717) is 12.6 Å². The van der Waals surface area contributed by atoms with E-state index < -0.39 is 0 Å². The highest BCUT2D eigenvalue weighted by atomic mass is 32.1. The fraction of sp³-hybridized carbons (Fsp3) is 0.125. The average molecular weight is 311 g/mol. The molecule has 110 valence electrons. The van der Waals surface area contributed by atoms with Gasteiger partial charge < -0.3 is 9.15 Å².